The van der Waals surface area contributed by atoms with E-state index in [4.69, 9.17) is 11.6 Å². The third-order valence-corrected chi connectivity index (χ3v) is 4.52. The van der Waals surface area contributed by atoms with E-state index in [9.17, 15) is 0 Å². The highest BCUT2D eigenvalue weighted by molar-refractivity contribution is 6.25. The van der Waals surface area contributed by atoms with Gasteiger partial charge in [0, 0.05) is 30.7 Å². The smallest absolute Gasteiger partial charge is 0.0207 e. The van der Waals surface area contributed by atoms with Gasteiger partial charge < -0.3 is 5.32 Å². The van der Waals surface area contributed by atoms with Crippen molar-refractivity contribution in [3.05, 3.63) is 11.1 Å². The number of hydrogen-bond acceptors (Lipinski definition) is 2. The van der Waals surface area contributed by atoms with Crippen LogP contribution in [0.25, 0.3) is 0 Å². The maximum atomic E-state index is 5.74. The normalized spacial score (nSPS) is 35.9. The van der Waals surface area contributed by atoms with E-state index in [1.807, 2.05) is 0 Å². The summed E-state index contributed by atoms with van der Waals surface area (Å²) in [6.07, 6.45) is 0. The lowest BCUT2D eigenvalue weighted by molar-refractivity contribution is 0.152. The van der Waals surface area contributed by atoms with E-state index < -0.39 is 0 Å². The van der Waals surface area contributed by atoms with Gasteiger partial charge in [0.15, 0.2) is 0 Å². The molecule has 0 amide bonds. The number of nitrogens with one attached hydrogen (secondary N) is 1. The van der Waals surface area contributed by atoms with Crippen LogP contribution in [0.15, 0.2) is 11.1 Å². The molecule has 2 aliphatic heterocycles. The van der Waals surface area contributed by atoms with E-state index >= 15 is 0 Å². The third kappa shape index (κ3) is 1.95. The minimum Gasteiger partial charge on any atom is -0.316 e. The molecule has 0 aromatic heterocycles. The monoisotopic (exact) mass is 228 g/mol. The van der Waals surface area contributed by atoms with E-state index in [0.717, 1.165) is 18.4 Å². The van der Waals surface area contributed by atoms with Crippen LogP contribution in [-0.2, 0) is 0 Å². The van der Waals surface area contributed by atoms with Gasteiger partial charge >= 0.3 is 0 Å². The molecule has 0 bridgehead atoms. The Bertz CT molecular complexity index is 273. The highest BCUT2D eigenvalue weighted by Crippen LogP contribution is 2.40. The molecule has 2 fully saturated rings. The third-order valence-electron chi connectivity index (χ3n) is 4.14. The summed E-state index contributed by atoms with van der Waals surface area (Å²) in [4.78, 5) is 2.58. The van der Waals surface area contributed by atoms with Gasteiger partial charge in [-0.05, 0) is 44.7 Å². The van der Waals surface area contributed by atoms with Gasteiger partial charge in [-0.25, -0.2) is 0 Å². The van der Waals surface area contributed by atoms with Gasteiger partial charge in [0.05, 0.1) is 0 Å². The van der Waals surface area contributed by atoms with Crippen molar-refractivity contribution in [3.8, 4) is 0 Å². The van der Waals surface area contributed by atoms with Crippen molar-refractivity contribution in [1.29, 1.82) is 0 Å². The number of halogens is 1. The summed E-state index contributed by atoms with van der Waals surface area (Å²) < 4.78 is 0. The zero-order valence-corrected chi connectivity index (χ0v) is 10.6. The largest absolute Gasteiger partial charge is 0.316 e. The standard InChI is InChI=1S/C12H21ClN2/c1-9(4-13)7-15-8-10-5-14-6-11(10)12(15,2)3/h4,10-11,14H,5-8H2,1-3H3. The van der Waals surface area contributed by atoms with E-state index in [1.54, 1.807) is 5.54 Å². The van der Waals surface area contributed by atoms with Gasteiger partial charge in [-0.3, -0.25) is 4.90 Å². The van der Waals surface area contributed by atoms with Crippen molar-refractivity contribution in [2.45, 2.75) is 26.3 Å². The van der Waals surface area contributed by atoms with Crippen LogP contribution in [0.4, 0.5) is 0 Å². The molecule has 0 aromatic carbocycles. The van der Waals surface area contributed by atoms with E-state index in [0.29, 0.717) is 5.54 Å². The molecule has 2 atom stereocenters. The number of nitrogens with zero attached hydrogens (tertiary/aromatic N) is 1. The van der Waals surface area contributed by atoms with E-state index in [2.05, 4.69) is 31.0 Å². The van der Waals surface area contributed by atoms with Crippen LogP contribution in [-0.4, -0.2) is 36.6 Å². The molecular weight excluding hydrogens is 208 g/mol. The number of fused-ring (bicyclic) bond motifs is 1. The fourth-order valence-corrected chi connectivity index (χ4v) is 3.18. The van der Waals surface area contributed by atoms with Gasteiger partial charge in [-0.1, -0.05) is 11.6 Å². The Balaban J connectivity index is 2.09. The number of likely N-dealkylation sites (tertiary alicyclic amines) is 1. The van der Waals surface area contributed by atoms with Crippen LogP contribution in [0.3, 0.4) is 0 Å². The first-order chi connectivity index (χ1) is 7.05. The maximum absolute atomic E-state index is 5.74. The SMILES string of the molecule is CC(=CCl)CN1CC2CNCC2C1(C)C. The van der Waals surface area contributed by atoms with Gasteiger partial charge in [-0.15, -0.1) is 0 Å². The first kappa shape index (κ1) is 11.4. The number of rotatable bonds is 2. The van der Waals surface area contributed by atoms with Crippen LogP contribution in [0.2, 0.25) is 0 Å². The van der Waals surface area contributed by atoms with Crippen molar-refractivity contribution < 1.29 is 0 Å². The van der Waals surface area contributed by atoms with Crippen molar-refractivity contribution in [1.82, 2.24) is 10.2 Å². The molecule has 86 valence electrons. The van der Waals surface area contributed by atoms with Crippen molar-refractivity contribution in [2.75, 3.05) is 26.2 Å². The summed E-state index contributed by atoms with van der Waals surface area (Å²) in [6.45, 7) is 11.4. The second kappa shape index (κ2) is 4.08. The van der Waals surface area contributed by atoms with Gasteiger partial charge in [0.25, 0.3) is 0 Å². The van der Waals surface area contributed by atoms with Crippen LogP contribution in [0, 0.1) is 11.8 Å². The molecule has 2 rings (SSSR count). The topological polar surface area (TPSA) is 15.3 Å². The quantitative estimate of drug-likeness (QED) is 0.779. The van der Waals surface area contributed by atoms with Crippen molar-refractivity contribution in [3.63, 3.8) is 0 Å². The maximum Gasteiger partial charge on any atom is 0.0207 e. The molecule has 2 aliphatic rings. The molecule has 0 radical (unpaired) electrons. The Morgan fingerprint density at radius 2 is 2.27 bits per heavy atom. The molecule has 15 heavy (non-hydrogen) atoms. The van der Waals surface area contributed by atoms with Gasteiger partial charge in [-0.2, -0.15) is 0 Å². The summed E-state index contributed by atoms with van der Waals surface area (Å²) in [7, 11) is 0. The Labute approximate surface area is 97.7 Å². The molecule has 0 aliphatic carbocycles. The average molecular weight is 229 g/mol. The predicted molar refractivity (Wildman–Crippen MR) is 65.1 cm³/mol. The van der Waals surface area contributed by atoms with Crippen LogP contribution in [0.5, 0.6) is 0 Å². The molecule has 2 saturated heterocycles. The molecular formula is C12H21ClN2. The van der Waals surface area contributed by atoms with Crippen LogP contribution < -0.4 is 5.32 Å². The predicted octanol–water partition coefficient (Wildman–Crippen LogP) is 2.06. The number of hydrogen-bond donors (Lipinski definition) is 1. The molecule has 3 heteroatoms. The summed E-state index contributed by atoms with van der Waals surface area (Å²) in [6, 6.07) is 0. The molecule has 0 saturated carbocycles. The van der Waals surface area contributed by atoms with Gasteiger partial charge in [0.1, 0.15) is 0 Å². The average Bonchev–Trinajstić information content (AvgIpc) is 2.71. The summed E-state index contributed by atoms with van der Waals surface area (Å²) in [5.41, 5.74) is 3.29. The summed E-state index contributed by atoms with van der Waals surface area (Å²) >= 11 is 5.74. The molecule has 2 nitrogen and oxygen atoms in total. The fourth-order valence-electron chi connectivity index (χ4n) is 3.11. The molecule has 2 heterocycles. The lowest BCUT2D eigenvalue weighted by Crippen LogP contribution is -2.45. The van der Waals surface area contributed by atoms with E-state index in [1.165, 1.54) is 25.2 Å². The van der Waals surface area contributed by atoms with Crippen LogP contribution in [0.1, 0.15) is 20.8 Å². The Hall–Kier alpha value is -0.0500. The minimum atomic E-state index is 0.315. The molecule has 2 unspecified atom stereocenters. The summed E-state index contributed by atoms with van der Waals surface area (Å²) in [5, 5.41) is 3.50. The highest BCUT2D eigenvalue weighted by atomic mass is 35.5. The highest BCUT2D eigenvalue weighted by Gasteiger charge is 2.49. The fraction of sp³-hybridized carbons (Fsp3) is 0.833. The first-order valence-electron chi connectivity index (χ1n) is 5.77. The minimum absolute atomic E-state index is 0.315. The Kier molecular flexibility index (Phi) is 3.11. The van der Waals surface area contributed by atoms with Gasteiger partial charge in [0.2, 0.25) is 0 Å². The van der Waals surface area contributed by atoms with Crippen molar-refractivity contribution in [2.24, 2.45) is 11.8 Å². The zero-order valence-electron chi connectivity index (χ0n) is 9.89. The lowest BCUT2D eigenvalue weighted by atomic mass is 9.85. The second-order valence-electron chi connectivity index (χ2n) is 5.51. The first-order valence-corrected chi connectivity index (χ1v) is 6.21. The lowest BCUT2D eigenvalue weighted by Gasteiger charge is -2.35. The van der Waals surface area contributed by atoms with Crippen LogP contribution >= 0.6 is 11.6 Å². The second-order valence-corrected chi connectivity index (χ2v) is 5.73. The zero-order chi connectivity index (χ0) is 11.1. The molecule has 0 aromatic rings. The summed E-state index contributed by atoms with van der Waals surface area (Å²) in [5.74, 6) is 1.64. The van der Waals surface area contributed by atoms with E-state index in [-0.39, 0.29) is 0 Å². The molecule has 0 spiro atoms. The van der Waals surface area contributed by atoms with Crippen molar-refractivity contribution >= 4 is 11.6 Å². The Morgan fingerprint density at radius 1 is 1.53 bits per heavy atom. The Morgan fingerprint density at radius 3 is 2.87 bits per heavy atom. The molecule has 1 N–H and O–H groups in total.